The van der Waals surface area contributed by atoms with Crippen LogP contribution in [-0.2, 0) is 0 Å². The topological polar surface area (TPSA) is 15.3 Å². The van der Waals surface area contributed by atoms with Gasteiger partial charge in [-0.15, -0.1) is 0 Å². The summed E-state index contributed by atoms with van der Waals surface area (Å²) in [6.07, 6.45) is 1.18. The molecule has 0 spiro atoms. The maximum Gasteiger partial charge on any atom is 0.0366 e. The van der Waals surface area contributed by atoms with Crippen molar-refractivity contribution in [1.82, 2.24) is 5.32 Å². The van der Waals surface area contributed by atoms with E-state index in [9.17, 15) is 0 Å². The summed E-state index contributed by atoms with van der Waals surface area (Å²) in [7, 11) is 0. The first-order valence-electron chi connectivity index (χ1n) is 6.99. The summed E-state index contributed by atoms with van der Waals surface area (Å²) in [5.74, 6) is 0. The Morgan fingerprint density at radius 1 is 1.11 bits per heavy atom. The smallest absolute Gasteiger partial charge is 0.0366 e. The SMILES string of the molecule is CCN(CCCNC(C)(C)C)c1ccc(C)cc1. The number of nitrogens with zero attached hydrogens (tertiary/aromatic N) is 1. The molecule has 0 atom stereocenters. The molecule has 0 amide bonds. The van der Waals surface area contributed by atoms with Crippen LogP contribution in [0.25, 0.3) is 0 Å². The van der Waals surface area contributed by atoms with Crippen molar-refractivity contribution >= 4 is 5.69 Å². The third kappa shape index (κ3) is 5.54. The zero-order valence-corrected chi connectivity index (χ0v) is 12.6. The molecule has 0 saturated carbocycles. The average molecular weight is 248 g/mol. The predicted octanol–water partition coefficient (Wildman–Crippen LogP) is 3.60. The molecule has 1 aromatic rings. The minimum Gasteiger partial charge on any atom is -0.372 e. The van der Waals surface area contributed by atoms with Crippen LogP contribution in [0.1, 0.15) is 39.7 Å². The van der Waals surface area contributed by atoms with Gasteiger partial charge < -0.3 is 10.2 Å². The lowest BCUT2D eigenvalue weighted by Gasteiger charge is -2.25. The monoisotopic (exact) mass is 248 g/mol. The number of aryl methyl sites for hydroxylation is 1. The molecule has 102 valence electrons. The molecule has 1 N–H and O–H groups in total. The summed E-state index contributed by atoms with van der Waals surface area (Å²) in [5.41, 5.74) is 2.88. The van der Waals surface area contributed by atoms with Gasteiger partial charge in [-0.05, 0) is 59.7 Å². The van der Waals surface area contributed by atoms with Gasteiger partial charge in [-0.1, -0.05) is 17.7 Å². The Morgan fingerprint density at radius 3 is 2.22 bits per heavy atom. The number of hydrogen-bond acceptors (Lipinski definition) is 2. The van der Waals surface area contributed by atoms with Crippen LogP contribution in [0.5, 0.6) is 0 Å². The minimum atomic E-state index is 0.223. The molecule has 2 nitrogen and oxygen atoms in total. The van der Waals surface area contributed by atoms with E-state index < -0.39 is 0 Å². The Kier molecular flexibility index (Phi) is 5.67. The molecule has 0 saturated heterocycles. The van der Waals surface area contributed by atoms with Crippen molar-refractivity contribution in [2.24, 2.45) is 0 Å². The quantitative estimate of drug-likeness (QED) is 0.774. The fourth-order valence-electron chi connectivity index (χ4n) is 1.96. The van der Waals surface area contributed by atoms with Crippen molar-refractivity contribution in [2.45, 2.75) is 46.6 Å². The van der Waals surface area contributed by atoms with Crippen LogP contribution >= 0.6 is 0 Å². The zero-order chi connectivity index (χ0) is 13.6. The Labute approximate surface area is 112 Å². The molecular formula is C16H28N2. The molecule has 18 heavy (non-hydrogen) atoms. The van der Waals surface area contributed by atoms with Gasteiger partial charge in [-0.3, -0.25) is 0 Å². The standard InChI is InChI=1S/C16H28N2/c1-6-18(13-7-12-17-16(3,4)5)15-10-8-14(2)9-11-15/h8-11,17H,6-7,12-13H2,1-5H3. The van der Waals surface area contributed by atoms with Gasteiger partial charge >= 0.3 is 0 Å². The van der Waals surface area contributed by atoms with Crippen molar-refractivity contribution in [3.05, 3.63) is 29.8 Å². The van der Waals surface area contributed by atoms with E-state index in [2.05, 4.69) is 69.1 Å². The van der Waals surface area contributed by atoms with Gasteiger partial charge in [0.2, 0.25) is 0 Å². The maximum absolute atomic E-state index is 3.54. The number of anilines is 1. The molecule has 0 fully saturated rings. The molecule has 2 heteroatoms. The fourth-order valence-corrected chi connectivity index (χ4v) is 1.96. The molecule has 0 aliphatic carbocycles. The Morgan fingerprint density at radius 2 is 1.72 bits per heavy atom. The zero-order valence-electron chi connectivity index (χ0n) is 12.6. The van der Waals surface area contributed by atoms with E-state index in [0.717, 1.165) is 19.6 Å². The van der Waals surface area contributed by atoms with Crippen LogP contribution < -0.4 is 10.2 Å². The molecule has 0 aliphatic rings. The minimum absolute atomic E-state index is 0.223. The first kappa shape index (κ1) is 15.0. The van der Waals surface area contributed by atoms with E-state index in [0.29, 0.717) is 0 Å². The van der Waals surface area contributed by atoms with Crippen molar-refractivity contribution in [2.75, 3.05) is 24.5 Å². The Balaban J connectivity index is 2.40. The highest BCUT2D eigenvalue weighted by Gasteiger charge is 2.08. The van der Waals surface area contributed by atoms with Gasteiger partial charge in [-0.2, -0.15) is 0 Å². The molecule has 0 aromatic heterocycles. The number of rotatable bonds is 6. The van der Waals surface area contributed by atoms with Crippen LogP contribution in [0, 0.1) is 6.92 Å². The highest BCUT2D eigenvalue weighted by molar-refractivity contribution is 5.47. The van der Waals surface area contributed by atoms with Gasteiger partial charge in [0.1, 0.15) is 0 Å². The molecule has 0 radical (unpaired) electrons. The van der Waals surface area contributed by atoms with E-state index in [4.69, 9.17) is 0 Å². The van der Waals surface area contributed by atoms with E-state index in [1.165, 1.54) is 17.7 Å². The largest absolute Gasteiger partial charge is 0.372 e. The van der Waals surface area contributed by atoms with Crippen LogP contribution in [0.4, 0.5) is 5.69 Å². The molecule has 0 aliphatic heterocycles. The second-order valence-electron chi connectivity index (χ2n) is 5.95. The second-order valence-corrected chi connectivity index (χ2v) is 5.95. The number of hydrogen-bond donors (Lipinski definition) is 1. The molecular weight excluding hydrogens is 220 g/mol. The summed E-state index contributed by atoms with van der Waals surface area (Å²) in [5, 5.41) is 3.54. The van der Waals surface area contributed by atoms with Gasteiger partial charge in [0.15, 0.2) is 0 Å². The molecule has 0 unspecified atom stereocenters. The van der Waals surface area contributed by atoms with Crippen molar-refractivity contribution in [3.8, 4) is 0 Å². The molecule has 1 rings (SSSR count). The fraction of sp³-hybridized carbons (Fsp3) is 0.625. The van der Waals surface area contributed by atoms with Crippen molar-refractivity contribution in [1.29, 1.82) is 0 Å². The van der Waals surface area contributed by atoms with E-state index >= 15 is 0 Å². The predicted molar refractivity (Wildman–Crippen MR) is 81.4 cm³/mol. The van der Waals surface area contributed by atoms with Crippen LogP contribution in [-0.4, -0.2) is 25.2 Å². The Bertz CT molecular complexity index is 335. The Hall–Kier alpha value is -1.02. The lowest BCUT2D eigenvalue weighted by atomic mass is 10.1. The molecule has 0 heterocycles. The molecule has 0 bridgehead atoms. The molecule has 1 aromatic carbocycles. The maximum atomic E-state index is 3.54. The average Bonchev–Trinajstić information content (AvgIpc) is 2.29. The van der Waals surface area contributed by atoms with Crippen molar-refractivity contribution in [3.63, 3.8) is 0 Å². The normalized spacial score (nSPS) is 11.6. The first-order valence-corrected chi connectivity index (χ1v) is 6.99. The number of benzene rings is 1. The van der Waals surface area contributed by atoms with Crippen molar-refractivity contribution < 1.29 is 0 Å². The third-order valence-corrected chi connectivity index (χ3v) is 3.04. The van der Waals surface area contributed by atoms with E-state index in [-0.39, 0.29) is 5.54 Å². The summed E-state index contributed by atoms with van der Waals surface area (Å²) in [4.78, 5) is 2.43. The summed E-state index contributed by atoms with van der Waals surface area (Å²) in [6, 6.07) is 8.81. The van der Waals surface area contributed by atoms with Gasteiger partial charge in [0.25, 0.3) is 0 Å². The van der Waals surface area contributed by atoms with Gasteiger partial charge in [0.05, 0.1) is 0 Å². The van der Waals surface area contributed by atoms with Gasteiger partial charge in [-0.25, -0.2) is 0 Å². The first-order chi connectivity index (χ1) is 8.42. The summed E-state index contributed by atoms with van der Waals surface area (Å²) in [6.45, 7) is 14.2. The number of nitrogens with one attached hydrogen (secondary N) is 1. The summed E-state index contributed by atoms with van der Waals surface area (Å²) >= 11 is 0. The lowest BCUT2D eigenvalue weighted by molar-refractivity contribution is 0.422. The van der Waals surface area contributed by atoms with Crippen LogP contribution in [0.15, 0.2) is 24.3 Å². The second kappa shape index (κ2) is 6.79. The van der Waals surface area contributed by atoms with Crippen LogP contribution in [0.2, 0.25) is 0 Å². The third-order valence-electron chi connectivity index (χ3n) is 3.04. The lowest BCUT2D eigenvalue weighted by Crippen LogP contribution is -2.37. The van der Waals surface area contributed by atoms with Gasteiger partial charge in [0, 0.05) is 24.3 Å². The highest BCUT2D eigenvalue weighted by Crippen LogP contribution is 2.15. The van der Waals surface area contributed by atoms with E-state index in [1.807, 2.05) is 0 Å². The van der Waals surface area contributed by atoms with Crippen LogP contribution in [0.3, 0.4) is 0 Å². The highest BCUT2D eigenvalue weighted by atomic mass is 15.1. The summed E-state index contributed by atoms with van der Waals surface area (Å²) < 4.78 is 0. The van der Waals surface area contributed by atoms with E-state index in [1.54, 1.807) is 0 Å².